The normalized spacial score (nSPS) is 27.5. The summed E-state index contributed by atoms with van der Waals surface area (Å²) < 4.78 is 11.2. The second-order valence-electron chi connectivity index (χ2n) is 7.35. The van der Waals surface area contributed by atoms with Gasteiger partial charge in [-0.25, -0.2) is 0 Å². The molecule has 0 saturated carbocycles. The van der Waals surface area contributed by atoms with Gasteiger partial charge in [-0.3, -0.25) is 9.69 Å². The maximum absolute atomic E-state index is 12.9. The second-order valence-corrected chi connectivity index (χ2v) is 7.35. The Morgan fingerprint density at radius 2 is 1.96 bits per heavy atom. The third kappa shape index (κ3) is 4.53. The van der Waals surface area contributed by atoms with Gasteiger partial charge in [0.25, 0.3) is 0 Å². The molecular weight excluding hydrogens is 316 g/mol. The van der Waals surface area contributed by atoms with Gasteiger partial charge in [-0.2, -0.15) is 0 Å². The van der Waals surface area contributed by atoms with E-state index in [-0.39, 0.29) is 18.1 Å². The fourth-order valence-corrected chi connectivity index (χ4v) is 4.20. The third-order valence-electron chi connectivity index (χ3n) is 5.20. The van der Waals surface area contributed by atoms with Crippen LogP contribution < -0.4 is 4.74 Å². The Morgan fingerprint density at radius 3 is 2.68 bits per heavy atom. The fourth-order valence-electron chi connectivity index (χ4n) is 4.20. The van der Waals surface area contributed by atoms with Crippen LogP contribution in [0.15, 0.2) is 24.3 Å². The van der Waals surface area contributed by atoms with E-state index in [4.69, 9.17) is 9.47 Å². The lowest BCUT2D eigenvalue weighted by atomic mass is 10.1. The number of amides is 1. The van der Waals surface area contributed by atoms with Crippen molar-refractivity contribution in [3.05, 3.63) is 29.8 Å². The molecule has 138 valence electrons. The Balaban J connectivity index is 1.61. The number of likely N-dealkylation sites (tertiary alicyclic amines) is 1. The first-order valence-corrected chi connectivity index (χ1v) is 9.36. The van der Waals surface area contributed by atoms with Gasteiger partial charge in [0.1, 0.15) is 5.75 Å². The van der Waals surface area contributed by atoms with Crippen LogP contribution in [0, 0.1) is 0 Å². The number of ether oxygens (including phenoxy) is 2. The minimum absolute atomic E-state index is 0.210. The number of nitrogens with zero attached hydrogens (tertiary/aromatic N) is 2. The predicted molar refractivity (Wildman–Crippen MR) is 97.9 cm³/mol. The molecule has 2 saturated heterocycles. The van der Waals surface area contributed by atoms with Gasteiger partial charge in [0, 0.05) is 37.8 Å². The molecule has 0 aliphatic carbocycles. The van der Waals surface area contributed by atoms with Crippen LogP contribution in [-0.4, -0.2) is 67.2 Å². The zero-order valence-electron chi connectivity index (χ0n) is 15.6. The van der Waals surface area contributed by atoms with Gasteiger partial charge in [0.2, 0.25) is 5.91 Å². The summed E-state index contributed by atoms with van der Waals surface area (Å²) in [5.41, 5.74) is 0.967. The number of methoxy groups -OCH3 is 1. The smallest absolute Gasteiger partial charge is 0.227 e. The lowest BCUT2D eigenvalue weighted by Gasteiger charge is -2.38. The molecule has 3 atom stereocenters. The molecule has 2 aliphatic rings. The summed E-state index contributed by atoms with van der Waals surface area (Å²) in [6.07, 6.45) is 3.14. The molecule has 1 aromatic carbocycles. The van der Waals surface area contributed by atoms with Crippen molar-refractivity contribution in [2.75, 3.05) is 33.3 Å². The molecule has 2 aliphatic heterocycles. The van der Waals surface area contributed by atoms with Crippen molar-refractivity contribution in [3.8, 4) is 5.75 Å². The first kappa shape index (κ1) is 18.2. The van der Waals surface area contributed by atoms with Gasteiger partial charge in [-0.05, 0) is 32.8 Å². The summed E-state index contributed by atoms with van der Waals surface area (Å²) in [6, 6.07) is 8.11. The maximum Gasteiger partial charge on any atom is 0.227 e. The number of hydrogen-bond acceptors (Lipinski definition) is 4. The van der Waals surface area contributed by atoms with Crippen molar-refractivity contribution >= 4 is 5.91 Å². The number of benzene rings is 1. The SMILES string of the molecule is COc1ccccc1CC(=O)N1CCC[C@H]1CN1C[C@@H](C)O[C@@H](C)C1. The zero-order chi connectivity index (χ0) is 17.8. The van der Waals surface area contributed by atoms with E-state index < -0.39 is 0 Å². The predicted octanol–water partition coefficient (Wildman–Crippen LogP) is 2.34. The van der Waals surface area contributed by atoms with Crippen LogP contribution in [0.4, 0.5) is 0 Å². The van der Waals surface area contributed by atoms with E-state index in [9.17, 15) is 4.79 Å². The van der Waals surface area contributed by atoms with Crippen molar-refractivity contribution in [2.45, 2.75) is 51.4 Å². The van der Waals surface area contributed by atoms with Crippen molar-refractivity contribution in [1.29, 1.82) is 0 Å². The van der Waals surface area contributed by atoms with Crippen molar-refractivity contribution in [3.63, 3.8) is 0 Å². The molecule has 5 heteroatoms. The first-order valence-electron chi connectivity index (χ1n) is 9.36. The van der Waals surface area contributed by atoms with Crippen LogP contribution in [0.5, 0.6) is 5.75 Å². The molecule has 0 radical (unpaired) electrons. The van der Waals surface area contributed by atoms with Crippen molar-refractivity contribution in [2.24, 2.45) is 0 Å². The molecule has 0 bridgehead atoms. The average Bonchev–Trinajstić information content (AvgIpc) is 3.02. The highest BCUT2D eigenvalue weighted by atomic mass is 16.5. The maximum atomic E-state index is 12.9. The summed E-state index contributed by atoms with van der Waals surface area (Å²) in [5, 5.41) is 0. The Hall–Kier alpha value is -1.59. The van der Waals surface area contributed by atoms with Gasteiger partial charge in [0.05, 0.1) is 25.7 Å². The topological polar surface area (TPSA) is 42.0 Å². The summed E-state index contributed by atoms with van der Waals surface area (Å²) in [5.74, 6) is 1.00. The summed E-state index contributed by atoms with van der Waals surface area (Å²) in [6.45, 7) is 7.98. The fraction of sp³-hybridized carbons (Fsp3) is 0.650. The molecule has 25 heavy (non-hydrogen) atoms. The lowest BCUT2D eigenvalue weighted by molar-refractivity contribution is -0.132. The van der Waals surface area contributed by atoms with Gasteiger partial charge in [-0.1, -0.05) is 18.2 Å². The van der Waals surface area contributed by atoms with Crippen LogP contribution >= 0.6 is 0 Å². The van der Waals surface area contributed by atoms with Gasteiger partial charge in [0.15, 0.2) is 0 Å². The molecule has 2 heterocycles. The number of morpholine rings is 1. The van der Waals surface area contributed by atoms with Crippen LogP contribution in [0.2, 0.25) is 0 Å². The molecule has 0 N–H and O–H groups in total. The van der Waals surface area contributed by atoms with Crippen molar-refractivity contribution in [1.82, 2.24) is 9.80 Å². The van der Waals surface area contributed by atoms with Crippen LogP contribution in [0.3, 0.4) is 0 Å². The molecule has 3 rings (SSSR count). The summed E-state index contributed by atoms with van der Waals surface area (Å²) >= 11 is 0. The largest absolute Gasteiger partial charge is 0.496 e. The Labute approximate surface area is 150 Å². The van der Waals surface area contributed by atoms with Gasteiger partial charge in [-0.15, -0.1) is 0 Å². The average molecular weight is 346 g/mol. The van der Waals surface area contributed by atoms with E-state index in [2.05, 4.69) is 23.6 Å². The molecule has 1 aromatic rings. The van der Waals surface area contributed by atoms with Gasteiger partial charge < -0.3 is 14.4 Å². The quantitative estimate of drug-likeness (QED) is 0.821. The van der Waals surface area contributed by atoms with E-state index in [1.54, 1.807) is 7.11 Å². The van der Waals surface area contributed by atoms with Gasteiger partial charge >= 0.3 is 0 Å². The number of carbonyl (C=O) groups is 1. The standard InChI is InChI=1S/C20H30N2O3/c1-15-12-21(13-16(2)25-15)14-18-8-6-10-22(18)20(23)11-17-7-4-5-9-19(17)24-3/h4-5,7,9,15-16,18H,6,8,10-14H2,1-3H3/t15-,16+,18-/m0/s1. The van der Waals surface area contributed by atoms with E-state index in [0.717, 1.165) is 50.3 Å². The highest BCUT2D eigenvalue weighted by Crippen LogP contribution is 2.24. The third-order valence-corrected chi connectivity index (χ3v) is 5.20. The van der Waals surface area contributed by atoms with E-state index in [1.165, 1.54) is 0 Å². The van der Waals surface area contributed by atoms with Crippen molar-refractivity contribution < 1.29 is 14.3 Å². The lowest BCUT2D eigenvalue weighted by Crippen LogP contribution is -2.51. The van der Waals surface area contributed by atoms with E-state index in [1.807, 2.05) is 24.3 Å². The van der Waals surface area contributed by atoms with E-state index in [0.29, 0.717) is 12.5 Å². The highest BCUT2D eigenvalue weighted by Gasteiger charge is 2.32. The minimum atomic E-state index is 0.210. The van der Waals surface area contributed by atoms with Crippen LogP contribution in [0.25, 0.3) is 0 Å². The molecule has 0 unspecified atom stereocenters. The van der Waals surface area contributed by atoms with E-state index >= 15 is 0 Å². The van der Waals surface area contributed by atoms with Crippen LogP contribution in [0.1, 0.15) is 32.3 Å². The molecular formula is C20H30N2O3. The second kappa shape index (κ2) is 8.19. The summed E-state index contributed by atoms with van der Waals surface area (Å²) in [4.78, 5) is 17.4. The minimum Gasteiger partial charge on any atom is -0.496 e. The number of para-hydroxylation sites is 1. The molecule has 1 amide bonds. The number of carbonyl (C=O) groups excluding carboxylic acids is 1. The summed E-state index contributed by atoms with van der Waals surface area (Å²) in [7, 11) is 1.66. The Kier molecular flexibility index (Phi) is 5.97. The Bertz CT molecular complexity index is 582. The monoisotopic (exact) mass is 346 g/mol. The zero-order valence-corrected chi connectivity index (χ0v) is 15.6. The van der Waals surface area contributed by atoms with Crippen LogP contribution in [-0.2, 0) is 16.0 Å². The molecule has 0 aromatic heterocycles. The number of rotatable bonds is 5. The molecule has 2 fully saturated rings. The Morgan fingerprint density at radius 1 is 1.24 bits per heavy atom. The first-order chi connectivity index (χ1) is 12.1. The highest BCUT2D eigenvalue weighted by molar-refractivity contribution is 5.80. The molecule has 0 spiro atoms. The number of hydrogen-bond donors (Lipinski definition) is 0. The molecule has 5 nitrogen and oxygen atoms in total.